The van der Waals surface area contributed by atoms with Crippen LogP contribution in [0.5, 0.6) is 0 Å². The van der Waals surface area contributed by atoms with Gasteiger partial charge in [-0.05, 0) is 25.0 Å². The highest BCUT2D eigenvalue weighted by Crippen LogP contribution is 1.92. The van der Waals surface area contributed by atoms with Crippen molar-refractivity contribution < 1.29 is 4.74 Å². The second-order valence-electron chi connectivity index (χ2n) is 2.84. The summed E-state index contributed by atoms with van der Waals surface area (Å²) in [5.41, 5.74) is 0. The van der Waals surface area contributed by atoms with Gasteiger partial charge in [0, 0.05) is 26.7 Å². The van der Waals surface area contributed by atoms with E-state index >= 15 is 0 Å². The number of thioether (sulfide) groups is 1. The number of hydrogen-bond donors (Lipinski definition) is 2. The average Bonchev–Trinajstić information content (AvgIpc) is 2.16. The Morgan fingerprint density at radius 3 is 2.38 bits per heavy atom. The molecule has 0 heterocycles. The third kappa shape index (κ3) is 12.2. The molecule has 0 saturated heterocycles. The summed E-state index contributed by atoms with van der Waals surface area (Å²) >= 11 is 1.90. The summed E-state index contributed by atoms with van der Waals surface area (Å²) in [7, 11) is 1.72. The van der Waals surface area contributed by atoms with Crippen molar-refractivity contribution in [3.8, 4) is 0 Å². The van der Waals surface area contributed by atoms with E-state index < -0.39 is 0 Å². The molecule has 4 heteroatoms. The number of methoxy groups -OCH3 is 1. The number of hydrogen-bond acceptors (Lipinski definition) is 4. The highest BCUT2D eigenvalue weighted by Gasteiger charge is 1.88. The molecule has 80 valence electrons. The largest absolute Gasteiger partial charge is 0.383 e. The van der Waals surface area contributed by atoms with E-state index in [-0.39, 0.29) is 0 Å². The maximum absolute atomic E-state index is 4.92. The van der Waals surface area contributed by atoms with Gasteiger partial charge in [-0.2, -0.15) is 11.8 Å². The van der Waals surface area contributed by atoms with Gasteiger partial charge >= 0.3 is 0 Å². The highest BCUT2D eigenvalue weighted by molar-refractivity contribution is 7.98. The molecule has 0 rings (SSSR count). The minimum Gasteiger partial charge on any atom is -0.383 e. The van der Waals surface area contributed by atoms with Crippen LogP contribution in [0.4, 0.5) is 0 Å². The number of rotatable bonds is 10. The molecule has 0 aliphatic rings. The van der Waals surface area contributed by atoms with Crippen LogP contribution in [0, 0.1) is 0 Å². The molecule has 0 aliphatic heterocycles. The zero-order valence-corrected chi connectivity index (χ0v) is 9.58. The van der Waals surface area contributed by atoms with Crippen molar-refractivity contribution in [2.24, 2.45) is 0 Å². The average molecular weight is 206 g/mol. The Kier molecular flexibility index (Phi) is 12.4. The van der Waals surface area contributed by atoms with E-state index in [1.165, 1.54) is 12.2 Å². The van der Waals surface area contributed by atoms with Gasteiger partial charge < -0.3 is 15.4 Å². The van der Waals surface area contributed by atoms with Crippen LogP contribution in [0.15, 0.2) is 0 Å². The molecular weight excluding hydrogens is 184 g/mol. The zero-order chi connectivity index (χ0) is 9.78. The van der Waals surface area contributed by atoms with Crippen molar-refractivity contribution in [2.45, 2.75) is 6.42 Å². The van der Waals surface area contributed by atoms with Gasteiger partial charge in [0.05, 0.1) is 6.61 Å². The molecule has 0 unspecified atom stereocenters. The Labute approximate surface area is 86.0 Å². The van der Waals surface area contributed by atoms with Crippen LogP contribution in [-0.4, -0.2) is 51.9 Å². The van der Waals surface area contributed by atoms with Crippen LogP contribution in [-0.2, 0) is 4.74 Å². The smallest absolute Gasteiger partial charge is 0.0587 e. The predicted molar refractivity (Wildman–Crippen MR) is 60.6 cm³/mol. The third-order valence-electron chi connectivity index (χ3n) is 1.66. The standard InChI is InChI=1S/C9H22N2OS/c1-12-8-7-11-6-5-10-4-3-9-13-2/h10-11H,3-9H2,1-2H3. The summed E-state index contributed by atoms with van der Waals surface area (Å²) < 4.78 is 4.92. The molecule has 0 saturated carbocycles. The lowest BCUT2D eigenvalue weighted by Gasteiger charge is -2.05. The minimum absolute atomic E-state index is 0.798. The van der Waals surface area contributed by atoms with Gasteiger partial charge in [0.1, 0.15) is 0 Å². The van der Waals surface area contributed by atoms with Crippen molar-refractivity contribution in [2.75, 3.05) is 51.9 Å². The van der Waals surface area contributed by atoms with Crippen LogP contribution in [0.1, 0.15) is 6.42 Å². The molecule has 0 bridgehead atoms. The summed E-state index contributed by atoms with van der Waals surface area (Å²) in [6.45, 7) is 4.96. The summed E-state index contributed by atoms with van der Waals surface area (Å²) in [6, 6.07) is 0. The van der Waals surface area contributed by atoms with Crippen molar-refractivity contribution >= 4 is 11.8 Å². The van der Waals surface area contributed by atoms with Crippen LogP contribution < -0.4 is 10.6 Å². The molecule has 0 radical (unpaired) electrons. The van der Waals surface area contributed by atoms with E-state index in [4.69, 9.17) is 4.74 Å². The SMILES string of the molecule is COCCNCCNCCCSC. The van der Waals surface area contributed by atoms with E-state index in [2.05, 4.69) is 16.9 Å². The third-order valence-corrected chi connectivity index (χ3v) is 2.36. The normalized spacial score (nSPS) is 10.6. The van der Waals surface area contributed by atoms with E-state index in [0.29, 0.717) is 0 Å². The molecule has 0 aromatic heterocycles. The highest BCUT2D eigenvalue weighted by atomic mass is 32.2. The molecule has 0 aromatic carbocycles. The van der Waals surface area contributed by atoms with E-state index in [9.17, 15) is 0 Å². The van der Waals surface area contributed by atoms with Crippen molar-refractivity contribution in [3.05, 3.63) is 0 Å². The fourth-order valence-corrected chi connectivity index (χ4v) is 1.38. The maximum atomic E-state index is 4.92. The van der Waals surface area contributed by atoms with Gasteiger partial charge in [0.2, 0.25) is 0 Å². The molecule has 0 spiro atoms. The Morgan fingerprint density at radius 1 is 1.08 bits per heavy atom. The molecule has 2 N–H and O–H groups in total. The second-order valence-corrected chi connectivity index (χ2v) is 3.82. The molecule has 3 nitrogen and oxygen atoms in total. The first kappa shape index (κ1) is 13.2. The second kappa shape index (κ2) is 12.2. The lowest BCUT2D eigenvalue weighted by molar-refractivity contribution is 0.199. The van der Waals surface area contributed by atoms with Gasteiger partial charge in [-0.1, -0.05) is 0 Å². The van der Waals surface area contributed by atoms with E-state index in [1.807, 2.05) is 11.8 Å². The van der Waals surface area contributed by atoms with Gasteiger partial charge in [-0.15, -0.1) is 0 Å². The Bertz CT molecular complexity index is 83.7. The molecule has 0 aliphatic carbocycles. The van der Waals surface area contributed by atoms with Crippen LogP contribution >= 0.6 is 11.8 Å². The lowest BCUT2D eigenvalue weighted by Crippen LogP contribution is -2.30. The molecule has 0 atom stereocenters. The van der Waals surface area contributed by atoms with Gasteiger partial charge in [0.15, 0.2) is 0 Å². The van der Waals surface area contributed by atoms with Gasteiger partial charge in [0.25, 0.3) is 0 Å². The summed E-state index contributed by atoms with van der Waals surface area (Å²) in [4.78, 5) is 0. The first-order valence-electron chi connectivity index (χ1n) is 4.81. The quantitative estimate of drug-likeness (QED) is 0.512. The summed E-state index contributed by atoms with van der Waals surface area (Å²) in [5.74, 6) is 1.25. The Balaban J connectivity index is 2.76. The minimum atomic E-state index is 0.798. The predicted octanol–water partition coefficient (Wildman–Crippen LogP) is 0.565. The van der Waals surface area contributed by atoms with Crippen LogP contribution in [0.2, 0.25) is 0 Å². The monoisotopic (exact) mass is 206 g/mol. The zero-order valence-electron chi connectivity index (χ0n) is 8.77. The summed E-state index contributed by atoms with van der Waals surface area (Å²) in [6.07, 6.45) is 3.41. The molecule has 0 aromatic rings. The van der Waals surface area contributed by atoms with Crippen molar-refractivity contribution in [1.82, 2.24) is 10.6 Å². The summed E-state index contributed by atoms with van der Waals surface area (Å²) in [5, 5.41) is 6.66. The van der Waals surface area contributed by atoms with Crippen molar-refractivity contribution in [1.29, 1.82) is 0 Å². The molecule has 0 amide bonds. The van der Waals surface area contributed by atoms with E-state index in [1.54, 1.807) is 7.11 Å². The van der Waals surface area contributed by atoms with E-state index in [0.717, 1.165) is 32.8 Å². The molecule has 13 heavy (non-hydrogen) atoms. The first-order valence-corrected chi connectivity index (χ1v) is 6.20. The topological polar surface area (TPSA) is 33.3 Å². The number of nitrogens with one attached hydrogen (secondary N) is 2. The lowest BCUT2D eigenvalue weighted by atomic mass is 10.4. The van der Waals surface area contributed by atoms with Gasteiger partial charge in [-0.3, -0.25) is 0 Å². The first-order chi connectivity index (χ1) is 6.41. The van der Waals surface area contributed by atoms with Crippen LogP contribution in [0.3, 0.4) is 0 Å². The Hall–Kier alpha value is 0.230. The van der Waals surface area contributed by atoms with Crippen molar-refractivity contribution in [3.63, 3.8) is 0 Å². The molecule has 0 fully saturated rings. The Morgan fingerprint density at radius 2 is 1.77 bits per heavy atom. The number of ether oxygens (including phenoxy) is 1. The van der Waals surface area contributed by atoms with Gasteiger partial charge in [-0.25, -0.2) is 0 Å². The molecular formula is C9H22N2OS. The maximum Gasteiger partial charge on any atom is 0.0587 e. The fourth-order valence-electron chi connectivity index (χ4n) is 0.943. The fraction of sp³-hybridized carbons (Fsp3) is 1.00. The van der Waals surface area contributed by atoms with Crippen LogP contribution in [0.25, 0.3) is 0 Å².